The number of aromatic nitrogens is 2. The molecule has 0 saturated heterocycles. The van der Waals surface area contributed by atoms with E-state index in [2.05, 4.69) is 15.3 Å². The summed E-state index contributed by atoms with van der Waals surface area (Å²) in [4.78, 5) is 32.1. The standard InChI is InChI=1S/C30H30N4O5S2/c1-40-16-14-28(30(36)37)33-29(35)26-13-12-25(18-27(26)23-10-6-3-7-11-23)34(20-24-19-31-21-32-24)41(38,39)17-15-22-8-4-2-5-9-22/h2-13,15,17-19,21,28H,14,16,20H2,1H3,(H,31,32)(H,33,35)(H,36,37)/b17-15-/t28-/m0/s1. The molecule has 0 aliphatic rings. The molecule has 0 unspecified atom stereocenters. The Morgan fingerprint density at radius 2 is 1.78 bits per heavy atom. The van der Waals surface area contributed by atoms with Gasteiger partial charge in [-0.1, -0.05) is 60.7 Å². The second-order valence-corrected chi connectivity index (χ2v) is 11.8. The number of nitrogens with one attached hydrogen (secondary N) is 2. The number of aliphatic carboxylic acids is 1. The number of thioether (sulfide) groups is 1. The van der Waals surface area contributed by atoms with Gasteiger partial charge in [0.1, 0.15) is 6.04 Å². The number of carbonyl (C=O) groups is 2. The molecular weight excluding hydrogens is 560 g/mol. The molecule has 0 radical (unpaired) electrons. The molecule has 3 N–H and O–H groups in total. The van der Waals surface area contributed by atoms with Crippen LogP contribution in [0.1, 0.15) is 28.0 Å². The lowest BCUT2D eigenvalue weighted by molar-refractivity contribution is -0.139. The topological polar surface area (TPSA) is 132 Å². The monoisotopic (exact) mass is 590 g/mol. The third-order valence-corrected chi connectivity index (χ3v) is 8.32. The van der Waals surface area contributed by atoms with Crippen molar-refractivity contribution < 1.29 is 23.1 Å². The normalized spacial score (nSPS) is 12.2. The van der Waals surface area contributed by atoms with Crippen molar-refractivity contribution in [3.8, 4) is 11.1 Å². The summed E-state index contributed by atoms with van der Waals surface area (Å²) in [5.74, 6) is -1.11. The Bertz CT molecular complexity index is 1590. The van der Waals surface area contributed by atoms with Crippen LogP contribution in [0.2, 0.25) is 0 Å². The van der Waals surface area contributed by atoms with Gasteiger partial charge in [-0.2, -0.15) is 11.8 Å². The van der Waals surface area contributed by atoms with Crippen molar-refractivity contribution in [2.45, 2.75) is 19.0 Å². The quantitative estimate of drug-likeness (QED) is 0.199. The average molecular weight is 591 g/mol. The summed E-state index contributed by atoms with van der Waals surface area (Å²) in [6, 6.07) is 21.8. The zero-order valence-corrected chi connectivity index (χ0v) is 23.9. The second kappa shape index (κ2) is 13.8. The van der Waals surface area contributed by atoms with Crippen molar-refractivity contribution in [1.82, 2.24) is 15.3 Å². The van der Waals surface area contributed by atoms with E-state index in [0.29, 0.717) is 28.3 Å². The molecule has 0 aliphatic carbocycles. The van der Waals surface area contributed by atoms with Crippen LogP contribution in [0.5, 0.6) is 0 Å². The highest BCUT2D eigenvalue weighted by atomic mass is 32.2. The Morgan fingerprint density at radius 1 is 1.07 bits per heavy atom. The van der Waals surface area contributed by atoms with Crippen LogP contribution in [0, 0.1) is 0 Å². The van der Waals surface area contributed by atoms with Gasteiger partial charge in [-0.3, -0.25) is 9.10 Å². The highest BCUT2D eigenvalue weighted by Crippen LogP contribution is 2.31. The van der Waals surface area contributed by atoms with Gasteiger partial charge in [0.05, 0.1) is 29.7 Å². The molecule has 3 aromatic carbocycles. The van der Waals surface area contributed by atoms with Crippen LogP contribution in [0.15, 0.2) is 96.8 Å². The fourth-order valence-electron chi connectivity index (χ4n) is 4.13. The molecule has 1 heterocycles. The minimum absolute atomic E-state index is 0.0307. The average Bonchev–Trinajstić information content (AvgIpc) is 3.51. The predicted molar refractivity (Wildman–Crippen MR) is 163 cm³/mol. The molecule has 4 rings (SSSR count). The van der Waals surface area contributed by atoms with Crippen molar-refractivity contribution in [1.29, 1.82) is 0 Å². The molecular formula is C30H30N4O5S2. The Labute approximate surface area is 243 Å². The van der Waals surface area contributed by atoms with Crippen molar-refractivity contribution in [2.75, 3.05) is 16.3 Å². The lowest BCUT2D eigenvalue weighted by atomic mass is 9.98. The van der Waals surface area contributed by atoms with Crippen LogP contribution in [0.25, 0.3) is 17.2 Å². The minimum atomic E-state index is -4.00. The number of anilines is 1. The molecule has 41 heavy (non-hydrogen) atoms. The number of hydrogen-bond donors (Lipinski definition) is 3. The number of benzene rings is 3. The van der Waals surface area contributed by atoms with Crippen LogP contribution in [-0.2, 0) is 21.4 Å². The largest absolute Gasteiger partial charge is 0.480 e. The van der Waals surface area contributed by atoms with E-state index >= 15 is 0 Å². The Kier molecular flexibility index (Phi) is 9.99. The van der Waals surface area contributed by atoms with Crippen LogP contribution < -0.4 is 9.62 Å². The molecule has 0 aliphatic heterocycles. The first-order valence-corrected chi connectivity index (χ1v) is 15.6. The van der Waals surface area contributed by atoms with Gasteiger partial charge in [-0.25, -0.2) is 18.2 Å². The van der Waals surface area contributed by atoms with E-state index in [9.17, 15) is 23.1 Å². The van der Waals surface area contributed by atoms with Crippen LogP contribution in [0.3, 0.4) is 0 Å². The Morgan fingerprint density at radius 3 is 2.41 bits per heavy atom. The van der Waals surface area contributed by atoms with Crippen LogP contribution in [0.4, 0.5) is 5.69 Å². The number of sulfonamides is 1. The van der Waals surface area contributed by atoms with Gasteiger partial charge in [0.15, 0.2) is 0 Å². The molecule has 11 heteroatoms. The number of carbonyl (C=O) groups excluding carboxylic acids is 1. The number of H-pyrrole nitrogens is 1. The van der Waals surface area contributed by atoms with Crippen molar-refractivity contribution in [3.63, 3.8) is 0 Å². The number of amides is 1. The number of nitrogens with zero attached hydrogens (tertiary/aromatic N) is 2. The van der Waals surface area contributed by atoms with Crippen LogP contribution >= 0.6 is 11.8 Å². The molecule has 1 amide bonds. The van der Waals surface area contributed by atoms with E-state index in [1.165, 1.54) is 34.5 Å². The van der Waals surface area contributed by atoms with E-state index in [-0.39, 0.29) is 18.5 Å². The van der Waals surface area contributed by atoms with Gasteiger partial charge in [-0.15, -0.1) is 0 Å². The SMILES string of the molecule is CSCC[C@H](NC(=O)c1ccc(N(Cc2cnc[nH]2)S(=O)(=O)/C=C\c2ccccc2)cc1-c1ccccc1)C(=O)O. The summed E-state index contributed by atoms with van der Waals surface area (Å²) < 4.78 is 28.6. The zero-order chi connectivity index (χ0) is 29.2. The van der Waals surface area contributed by atoms with Gasteiger partial charge in [-0.05, 0) is 59.4 Å². The van der Waals surface area contributed by atoms with E-state index in [4.69, 9.17) is 0 Å². The number of rotatable bonds is 13. The van der Waals surface area contributed by atoms with E-state index in [0.717, 1.165) is 11.0 Å². The molecule has 0 bridgehead atoms. The van der Waals surface area contributed by atoms with Crippen LogP contribution in [-0.4, -0.2) is 53.4 Å². The summed E-state index contributed by atoms with van der Waals surface area (Å²) in [7, 11) is -4.00. The molecule has 9 nitrogen and oxygen atoms in total. The third-order valence-electron chi connectivity index (χ3n) is 6.24. The molecule has 0 spiro atoms. The maximum atomic E-state index is 13.7. The molecule has 212 valence electrons. The highest BCUT2D eigenvalue weighted by molar-refractivity contribution is 7.98. The maximum absolute atomic E-state index is 13.7. The zero-order valence-electron chi connectivity index (χ0n) is 22.3. The fourth-order valence-corrected chi connectivity index (χ4v) is 5.80. The Balaban J connectivity index is 1.77. The second-order valence-electron chi connectivity index (χ2n) is 9.08. The number of hydrogen-bond acceptors (Lipinski definition) is 6. The van der Waals surface area contributed by atoms with Gasteiger partial charge >= 0.3 is 5.97 Å². The summed E-state index contributed by atoms with van der Waals surface area (Å²) in [5, 5.41) is 13.4. The fraction of sp³-hybridized carbons (Fsp3) is 0.167. The maximum Gasteiger partial charge on any atom is 0.326 e. The number of imidazole rings is 1. The van der Waals surface area contributed by atoms with Crippen molar-refractivity contribution in [2.24, 2.45) is 0 Å². The van der Waals surface area contributed by atoms with Gasteiger partial charge < -0.3 is 15.4 Å². The lowest BCUT2D eigenvalue weighted by Gasteiger charge is -2.24. The van der Waals surface area contributed by atoms with E-state index in [1.807, 2.05) is 42.7 Å². The molecule has 1 aromatic heterocycles. The summed E-state index contributed by atoms with van der Waals surface area (Å²) >= 11 is 1.49. The van der Waals surface area contributed by atoms with Crippen molar-refractivity contribution in [3.05, 3.63) is 114 Å². The number of aromatic amines is 1. The molecule has 0 saturated carbocycles. The summed E-state index contributed by atoms with van der Waals surface area (Å²) in [6.07, 6.45) is 6.68. The predicted octanol–water partition coefficient (Wildman–Crippen LogP) is 5.02. The lowest BCUT2D eigenvalue weighted by Crippen LogP contribution is -2.41. The Hall–Kier alpha value is -4.35. The first-order valence-electron chi connectivity index (χ1n) is 12.7. The van der Waals surface area contributed by atoms with E-state index in [1.54, 1.807) is 42.6 Å². The van der Waals surface area contributed by atoms with Crippen molar-refractivity contribution >= 4 is 45.4 Å². The molecule has 0 fully saturated rings. The summed E-state index contributed by atoms with van der Waals surface area (Å²) in [6.45, 7) is -0.0307. The van der Waals surface area contributed by atoms with Gasteiger partial charge in [0.2, 0.25) is 0 Å². The first-order chi connectivity index (χ1) is 19.8. The smallest absolute Gasteiger partial charge is 0.326 e. The molecule has 4 aromatic rings. The van der Waals surface area contributed by atoms with Gasteiger partial charge in [0.25, 0.3) is 15.9 Å². The molecule has 1 atom stereocenters. The van der Waals surface area contributed by atoms with Gasteiger partial charge in [0, 0.05) is 11.8 Å². The highest BCUT2D eigenvalue weighted by Gasteiger charge is 2.25. The summed E-state index contributed by atoms with van der Waals surface area (Å²) in [5.41, 5.74) is 2.99. The number of carboxylic acid groups (broad SMARTS) is 1. The third kappa shape index (κ3) is 7.86. The first kappa shape index (κ1) is 29.6. The minimum Gasteiger partial charge on any atom is -0.480 e. The number of carboxylic acids is 1. The van der Waals surface area contributed by atoms with E-state index < -0.39 is 27.9 Å².